The Morgan fingerprint density at radius 2 is 1.94 bits per heavy atom. The number of amides is 1. The summed E-state index contributed by atoms with van der Waals surface area (Å²) in [6.07, 6.45) is 5.77. The zero-order valence-electron chi connectivity index (χ0n) is 10.8. The minimum atomic E-state index is -1.76. The van der Waals surface area contributed by atoms with Crippen molar-refractivity contribution in [3.05, 3.63) is 0 Å². The lowest BCUT2D eigenvalue weighted by atomic mass is 9.68. The second-order valence-electron chi connectivity index (χ2n) is 5.97. The van der Waals surface area contributed by atoms with E-state index in [2.05, 4.69) is 0 Å². The minimum absolute atomic E-state index is 0.232. The standard InChI is InChI=1S/C14H20NO3/c1-9(16)14(18)8-11-5-2-4-10-6-3-7-15(12(10)11)13(14)17/h10-11,18H,2-8H2,1H3/q+1/t10-,11-,14-/m1/s1. The summed E-state index contributed by atoms with van der Waals surface area (Å²) >= 11 is 0. The zero-order valence-corrected chi connectivity index (χ0v) is 10.8. The molecule has 0 saturated heterocycles. The van der Waals surface area contributed by atoms with Crippen LogP contribution in [0.2, 0.25) is 0 Å². The highest BCUT2D eigenvalue weighted by molar-refractivity contribution is 6.09. The van der Waals surface area contributed by atoms with Crippen LogP contribution in [0.25, 0.3) is 0 Å². The van der Waals surface area contributed by atoms with Crippen LogP contribution in [0.1, 0.15) is 45.4 Å². The summed E-state index contributed by atoms with van der Waals surface area (Å²) in [5.74, 6) is -0.0271. The molecule has 1 fully saturated rings. The van der Waals surface area contributed by atoms with Crippen LogP contribution in [0.4, 0.5) is 0 Å². The maximum absolute atomic E-state index is 12.4. The van der Waals surface area contributed by atoms with Crippen LogP contribution in [0.15, 0.2) is 0 Å². The van der Waals surface area contributed by atoms with Crippen molar-refractivity contribution in [2.45, 2.75) is 51.0 Å². The molecular formula is C14H20NO3+. The van der Waals surface area contributed by atoms with Gasteiger partial charge in [-0.25, -0.2) is 4.79 Å². The molecule has 2 aliphatic heterocycles. The first-order valence-corrected chi connectivity index (χ1v) is 6.96. The van der Waals surface area contributed by atoms with E-state index in [9.17, 15) is 14.7 Å². The molecule has 0 spiro atoms. The van der Waals surface area contributed by atoms with E-state index in [0.29, 0.717) is 18.9 Å². The summed E-state index contributed by atoms with van der Waals surface area (Å²) in [5.41, 5.74) is -0.531. The predicted octanol–water partition coefficient (Wildman–Crippen LogP) is 0.900. The molecule has 4 nitrogen and oxygen atoms in total. The summed E-state index contributed by atoms with van der Waals surface area (Å²) in [7, 11) is 0. The van der Waals surface area contributed by atoms with Crippen LogP contribution in [-0.2, 0) is 9.59 Å². The molecule has 3 rings (SSSR count). The first-order chi connectivity index (χ1) is 8.54. The zero-order chi connectivity index (χ0) is 12.9. The number of carbonyl (C=O) groups is 2. The summed E-state index contributed by atoms with van der Waals surface area (Å²) in [6, 6.07) is 0. The fraction of sp³-hybridized carbons (Fsp3) is 0.786. The molecule has 98 valence electrons. The summed E-state index contributed by atoms with van der Waals surface area (Å²) < 4.78 is 1.74. The van der Waals surface area contributed by atoms with E-state index in [1.54, 1.807) is 4.58 Å². The molecule has 3 atom stereocenters. The molecule has 4 heteroatoms. The van der Waals surface area contributed by atoms with Crippen molar-refractivity contribution in [3.63, 3.8) is 0 Å². The number of Topliss-reactive ketones (excluding diaryl/α,β-unsaturated/α-hetero) is 1. The fourth-order valence-corrected chi connectivity index (χ4v) is 3.98. The van der Waals surface area contributed by atoms with E-state index in [4.69, 9.17) is 0 Å². The highest BCUT2D eigenvalue weighted by Gasteiger charge is 2.58. The molecule has 18 heavy (non-hydrogen) atoms. The largest absolute Gasteiger partial charge is 0.426 e. The quantitative estimate of drug-likeness (QED) is 0.555. The van der Waals surface area contributed by atoms with Gasteiger partial charge in [-0.3, -0.25) is 4.79 Å². The van der Waals surface area contributed by atoms with Crippen LogP contribution in [0, 0.1) is 11.8 Å². The Hall–Kier alpha value is -1.03. The number of aliphatic hydroxyl groups is 1. The average molecular weight is 250 g/mol. The van der Waals surface area contributed by atoms with E-state index in [1.807, 2.05) is 0 Å². The summed E-state index contributed by atoms with van der Waals surface area (Å²) in [6.45, 7) is 2.00. The third kappa shape index (κ3) is 1.51. The maximum Gasteiger partial charge on any atom is 0.426 e. The van der Waals surface area contributed by atoms with Gasteiger partial charge in [0.2, 0.25) is 5.60 Å². The van der Waals surface area contributed by atoms with Gasteiger partial charge in [0.05, 0.1) is 0 Å². The van der Waals surface area contributed by atoms with Crippen molar-refractivity contribution >= 4 is 17.4 Å². The van der Waals surface area contributed by atoms with Crippen molar-refractivity contribution in [2.75, 3.05) is 6.54 Å². The van der Waals surface area contributed by atoms with Gasteiger partial charge in [0.15, 0.2) is 18.0 Å². The second kappa shape index (κ2) is 3.98. The molecule has 0 unspecified atom stereocenters. The number of rotatable bonds is 1. The summed E-state index contributed by atoms with van der Waals surface area (Å²) in [4.78, 5) is 24.0. The Kier molecular flexibility index (Phi) is 2.66. The van der Waals surface area contributed by atoms with Gasteiger partial charge in [0.25, 0.3) is 0 Å². The lowest BCUT2D eigenvalue weighted by Crippen LogP contribution is -2.61. The molecule has 3 aliphatic rings. The second-order valence-corrected chi connectivity index (χ2v) is 5.97. The Morgan fingerprint density at radius 3 is 2.67 bits per heavy atom. The van der Waals surface area contributed by atoms with E-state index in [0.717, 1.165) is 32.1 Å². The Morgan fingerprint density at radius 1 is 1.28 bits per heavy atom. The third-order valence-electron chi connectivity index (χ3n) is 4.91. The van der Waals surface area contributed by atoms with Crippen molar-refractivity contribution in [2.24, 2.45) is 11.8 Å². The van der Waals surface area contributed by atoms with Gasteiger partial charge in [-0.1, -0.05) is 6.42 Å². The highest BCUT2D eigenvalue weighted by atomic mass is 16.3. The molecular weight excluding hydrogens is 230 g/mol. The smallest absolute Gasteiger partial charge is 0.369 e. The van der Waals surface area contributed by atoms with Crippen LogP contribution >= 0.6 is 0 Å². The predicted molar refractivity (Wildman–Crippen MR) is 65.5 cm³/mol. The Labute approximate surface area is 107 Å². The monoisotopic (exact) mass is 250 g/mol. The van der Waals surface area contributed by atoms with Gasteiger partial charge in [0, 0.05) is 24.7 Å². The van der Waals surface area contributed by atoms with Crippen molar-refractivity contribution < 1.29 is 19.3 Å². The molecule has 1 aliphatic carbocycles. The van der Waals surface area contributed by atoms with Crippen LogP contribution in [-0.4, -0.2) is 39.2 Å². The van der Waals surface area contributed by atoms with E-state index >= 15 is 0 Å². The van der Waals surface area contributed by atoms with Gasteiger partial charge in [-0.2, -0.15) is 4.58 Å². The molecule has 1 saturated carbocycles. The lowest BCUT2D eigenvalue weighted by Gasteiger charge is -2.39. The molecule has 2 heterocycles. The van der Waals surface area contributed by atoms with Crippen LogP contribution < -0.4 is 0 Å². The third-order valence-corrected chi connectivity index (χ3v) is 4.91. The fourth-order valence-electron chi connectivity index (χ4n) is 3.98. The Bertz CT molecular complexity index is 454. The first kappa shape index (κ1) is 12.0. The summed E-state index contributed by atoms with van der Waals surface area (Å²) in [5, 5.41) is 10.4. The van der Waals surface area contributed by atoms with Crippen molar-refractivity contribution in [3.8, 4) is 0 Å². The molecule has 0 bridgehead atoms. The van der Waals surface area contributed by atoms with Gasteiger partial charge >= 0.3 is 5.91 Å². The van der Waals surface area contributed by atoms with Gasteiger partial charge in [-0.15, -0.1) is 0 Å². The SMILES string of the molecule is CC(=O)[C@]1(O)C[C@H]2CCC[C@@H]3CCC[N+](=C32)C1=O. The number of carbonyl (C=O) groups excluding carboxylic acids is 2. The minimum Gasteiger partial charge on any atom is -0.369 e. The normalized spacial score (nSPS) is 39.6. The molecule has 0 aromatic heterocycles. The van der Waals surface area contributed by atoms with Crippen LogP contribution in [0.5, 0.6) is 0 Å². The molecule has 0 aromatic carbocycles. The van der Waals surface area contributed by atoms with Gasteiger partial charge in [-0.05, 0) is 26.2 Å². The Balaban J connectivity index is 2.09. The average Bonchev–Trinajstić information content (AvgIpc) is 2.36. The lowest BCUT2D eigenvalue weighted by molar-refractivity contribution is -0.474. The van der Waals surface area contributed by atoms with E-state index in [1.165, 1.54) is 12.6 Å². The van der Waals surface area contributed by atoms with E-state index in [-0.39, 0.29) is 11.8 Å². The topological polar surface area (TPSA) is 57.4 Å². The molecule has 0 aromatic rings. The number of hydrogen-bond donors (Lipinski definition) is 1. The van der Waals surface area contributed by atoms with E-state index < -0.39 is 11.4 Å². The molecule has 1 amide bonds. The first-order valence-electron chi connectivity index (χ1n) is 6.96. The number of ketones is 1. The molecule has 1 N–H and O–H groups in total. The molecule has 0 radical (unpaired) electrons. The van der Waals surface area contributed by atoms with Gasteiger partial charge < -0.3 is 5.11 Å². The van der Waals surface area contributed by atoms with Crippen molar-refractivity contribution in [1.82, 2.24) is 0 Å². The van der Waals surface area contributed by atoms with Crippen molar-refractivity contribution in [1.29, 1.82) is 0 Å². The van der Waals surface area contributed by atoms with Gasteiger partial charge in [0.1, 0.15) is 0 Å². The maximum atomic E-state index is 12.4. The highest BCUT2D eigenvalue weighted by Crippen LogP contribution is 2.40. The van der Waals surface area contributed by atoms with Crippen LogP contribution in [0.3, 0.4) is 0 Å². The number of hydrogen-bond acceptors (Lipinski definition) is 3. The number of nitrogens with zero attached hydrogens (tertiary/aromatic N) is 1.